The minimum Gasteiger partial charge on any atom is -0.508 e. The van der Waals surface area contributed by atoms with Crippen LogP contribution in [0.1, 0.15) is 24.5 Å². The lowest BCUT2D eigenvalue weighted by Crippen LogP contribution is -2.31. The lowest BCUT2D eigenvalue weighted by molar-refractivity contribution is -0.111. The number of para-hydroxylation sites is 3. The number of ether oxygens (including phenoxy) is 4. The number of amides is 2. The first-order valence-electron chi connectivity index (χ1n) is 13.6. The number of phenolic OH excluding ortho intramolecular Hbond substituents is 1. The fourth-order valence-corrected chi connectivity index (χ4v) is 4.44. The molecule has 0 bridgehead atoms. The van der Waals surface area contributed by atoms with Crippen molar-refractivity contribution in [3.05, 3.63) is 115 Å². The Kier molecular flexibility index (Phi) is 9.28. The van der Waals surface area contributed by atoms with Gasteiger partial charge < -0.3 is 35.1 Å². The van der Waals surface area contributed by atoms with E-state index in [9.17, 15) is 14.7 Å². The zero-order valence-electron chi connectivity index (χ0n) is 23.1. The molecule has 10 nitrogen and oxygen atoms in total. The van der Waals surface area contributed by atoms with Crippen LogP contribution in [0.3, 0.4) is 0 Å². The molecule has 0 aliphatic carbocycles. The third-order valence-corrected chi connectivity index (χ3v) is 6.55. The van der Waals surface area contributed by atoms with Crippen LogP contribution in [-0.2, 0) is 9.53 Å². The molecule has 2 atom stereocenters. The molecular weight excluding hydrogens is 550 g/mol. The molecule has 0 saturated carbocycles. The smallest absolute Gasteiger partial charge is 0.412 e. The molecule has 0 spiro atoms. The molecule has 4 aromatic rings. The standard InChI is InChI=1S/C33H31N3O7/c34-26-10-4-5-11-27(26)36-31(38)13-7-6-12-29(42-25-8-2-1-3-9-25)32(22-14-17-24(37)18-15-22)43-33(39)35-23-16-19-28-30(20-23)41-21-40-28/h1-5,7-11,13-20,29,32,37H,6,12,21,34H2,(H,35,39)(H,36,38)/b13-7+/t29-,32-/m1/s1. The number of nitrogens with one attached hydrogen (secondary N) is 2. The Morgan fingerprint density at radius 3 is 2.44 bits per heavy atom. The van der Waals surface area contributed by atoms with Gasteiger partial charge in [-0.3, -0.25) is 10.1 Å². The monoisotopic (exact) mass is 581 g/mol. The number of hydrogen-bond acceptors (Lipinski definition) is 8. The van der Waals surface area contributed by atoms with E-state index in [2.05, 4.69) is 10.6 Å². The van der Waals surface area contributed by atoms with Crippen molar-refractivity contribution in [2.24, 2.45) is 0 Å². The van der Waals surface area contributed by atoms with Gasteiger partial charge in [0.05, 0.1) is 11.4 Å². The number of nitrogen functional groups attached to an aromatic ring is 1. The maximum Gasteiger partial charge on any atom is 0.412 e. The van der Waals surface area contributed by atoms with Gasteiger partial charge in [0, 0.05) is 11.8 Å². The highest BCUT2D eigenvalue weighted by atomic mass is 16.7. The summed E-state index contributed by atoms with van der Waals surface area (Å²) in [5.74, 6) is 1.43. The van der Waals surface area contributed by atoms with Gasteiger partial charge in [0.2, 0.25) is 12.7 Å². The first kappa shape index (κ1) is 28.9. The lowest BCUT2D eigenvalue weighted by atomic mass is 10.00. The number of nitrogens with two attached hydrogens (primary N) is 1. The number of phenols is 1. The number of allylic oxidation sites excluding steroid dienone is 1. The number of benzene rings is 4. The summed E-state index contributed by atoms with van der Waals surface area (Å²) in [6.07, 6.45) is 1.71. The highest BCUT2D eigenvalue weighted by Crippen LogP contribution is 2.35. The summed E-state index contributed by atoms with van der Waals surface area (Å²) in [4.78, 5) is 25.6. The van der Waals surface area contributed by atoms with E-state index in [1.165, 1.54) is 18.2 Å². The largest absolute Gasteiger partial charge is 0.508 e. The molecule has 0 unspecified atom stereocenters. The van der Waals surface area contributed by atoms with Crippen LogP contribution in [0.5, 0.6) is 23.0 Å². The number of aromatic hydroxyl groups is 1. The molecular formula is C33H31N3O7. The van der Waals surface area contributed by atoms with E-state index < -0.39 is 18.3 Å². The highest BCUT2D eigenvalue weighted by Gasteiger charge is 2.29. The lowest BCUT2D eigenvalue weighted by Gasteiger charge is -2.28. The van der Waals surface area contributed by atoms with Gasteiger partial charge in [-0.2, -0.15) is 0 Å². The fraction of sp³-hybridized carbons (Fsp3) is 0.152. The maximum atomic E-state index is 13.2. The fourth-order valence-electron chi connectivity index (χ4n) is 4.44. The minimum atomic E-state index is -0.874. The highest BCUT2D eigenvalue weighted by molar-refractivity contribution is 6.01. The molecule has 0 fully saturated rings. The molecule has 1 aliphatic rings. The quantitative estimate of drug-likeness (QED) is 0.118. The molecule has 43 heavy (non-hydrogen) atoms. The second-order valence-corrected chi connectivity index (χ2v) is 9.64. The van der Waals surface area contributed by atoms with Crippen molar-refractivity contribution >= 4 is 29.1 Å². The van der Waals surface area contributed by atoms with Crippen LogP contribution in [0, 0.1) is 0 Å². The Hall–Kier alpha value is -5.64. The number of anilines is 3. The van der Waals surface area contributed by atoms with E-state index in [-0.39, 0.29) is 18.4 Å². The van der Waals surface area contributed by atoms with Crippen LogP contribution in [0.2, 0.25) is 0 Å². The van der Waals surface area contributed by atoms with Crippen LogP contribution >= 0.6 is 0 Å². The first-order chi connectivity index (χ1) is 20.9. The Morgan fingerprint density at radius 2 is 1.65 bits per heavy atom. The van der Waals surface area contributed by atoms with Crippen molar-refractivity contribution in [2.75, 3.05) is 23.2 Å². The van der Waals surface area contributed by atoms with Crippen LogP contribution in [0.15, 0.2) is 109 Å². The van der Waals surface area contributed by atoms with E-state index in [4.69, 9.17) is 24.7 Å². The Labute approximate surface area is 248 Å². The molecule has 220 valence electrons. The number of fused-ring (bicyclic) bond motifs is 1. The van der Waals surface area contributed by atoms with Crippen molar-refractivity contribution in [2.45, 2.75) is 25.0 Å². The van der Waals surface area contributed by atoms with Crippen molar-refractivity contribution in [3.63, 3.8) is 0 Å². The number of carbonyl (C=O) groups is 2. The van der Waals surface area contributed by atoms with Crippen LogP contribution in [0.4, 0.5) is 21.9 Å². The first-order valence-corrected chi connectivity index (χ1v) is 13.6. The Balaban J connectivity index is 1.33. The van der Waals surface area contributed by atoms with Crippen LogP contribution in [0.25, 0.3) is 0 Å². The molecule has 0 aromatic heterocycles. The van der Waals surface area contributed by atoms with Gasteiger partial charge in [-0.25, -0.2) is 4.79 Å². The topological polar surface area (TPSA) is 141 Å². The second-order valence-electron chi connectivity index (χ2n) is 9.64. The summed E-state index contributed by atoms with van der Waals surface area (Å²) in [5.41, 5.74) is 7.99. The Bertz CT molecular complexity index is 1580. The number of carbonyl (C=O) groups excluding carboxylic acids is 2. The third-order valence-electron chi connectivity index (χ3n) is 6.55. The number of rotatable bonds is 11. The van der Waals surface area contributed by atoms with Gasteiger partial charge in [0.1, 0.15) is 17.6 Å². The molecule has 2 amide bonds. The predicted molar refractivity (Wildman–Crippen MR) is 162 cm³/mol. The summed E-state index contributed by atoms with van der Waals surface area (Å²) in [6.45, 7) is 0.112. The Morgan fingerprint density at radius 1 is 0.907 bits per heavy atom. The molecule has 0 saturated heterocycles. The summed E-state index contributed by atoms with van der Waals surface area (Å²) >= 11 is 0. The van der Waals surface area contributed by atoms with Gasteiger partial charge in [0.15, 0.2) is 17.6 Å². The van der Waals surface area contributed by atoms with Crippen LogP contribution < -0.4 is 30.6 Å². The molecule has 4 aromatic carbocycles. The zero-order valence-corrected chi connectivity index (χ0v) is 23.1. The molecule has 1 heterocycles. The van der Waals surface area contributed by atoms with Gasteiger partial charge in [-0.05, 0) is 73.0 Å². The van der Waals surface area contributed by atoms with Gasteiger partial charge in [0.25, 0.3) is 0 Å². The van der Waals surface area contributed by atoms with E-state index in [0.717, 1.165) is 0 Å². The van der Waals surface area contributed by atoms with Gasteiger partial charge in [-0.1, -0.05) is 48.5 Å². The van der Waals surface area contributed by atoms with Crippen molar-refractivity contribution < 1.29 is 33.6 Å². The second kappa shape index (κ2) is 13.8. The summed E-state index contributed by atoms with van der Waals surface area (Å²) < 4.78 is 23.0. The van der Waals surface area contributed by atoms with Gasteiger partial charge in [-0.15, -0.1) is 0 Å². The average molecular weight is 582 g/mol. The van der Waals surface area contributed by atoms with Crippen LogP contribution in [-0.4, -0.2) is 30.0 Å². The normalized spacial score (nSPS) is 13.2. The molecule has 5 N–H and O–H groups in total. The summed E-state index contributed by atoms with van der Waals surface area (Å²) in [7, 11) is 0. The molecule has 1 aliphatic heterocycles. The molecule has 10 heteroatoms. The SMILES string of the molecule is Nc1ccccc1NC(=O)/C=C/CC[C@@H](Oc1ccccc1)[C@H](OC(=O)Nc1ccc2c(c1)OCO2)c1ccc(O)cc1. The minimum absolute atomic E-state index is 0.0702. The zero-order chi connectivity index (χ0) is 30.0. The van der Waals surface area contributed by atoms with Crippen molar-refractivity contribution in [1.29, 1.82) is 0 Å². The average Bonchev–Trinajstić information content (AvgIpc) is 3.48. The third kappa shape index (κ3) is 7.98. The number of hydrogen-bond donors (Lipinski definition) is 4. The van der Waals surface area contributed by atoms with E-state index in [1.807, 2.05) is 18.2 Å². The van der Waals surface area contributed by atoms with Crippen molar-refractivity contribution in [1.82, 2.24) is 0 Å². The maximum absolute atomic E-state index is 13.2. The van der Waals surface area contributed by atoms with Crippen molar-refractivity contribution in [3.8, 4) is 23.0 Å². The summed E-state index contributed by atoms with van der Waals surface area (Å²) in [5, 5.41) is 15.4. The van der Waals surface area contributed by atoms with Gasteiger partial charge >= 0.3 is 6.09 Å². The van der Waals surface area contributed by atoms with E-state index in [1.54, 1.807) is 72.8 Å². The molecule has 0 radical (unpaired) electrons. The predicted octanol–water partition coefficient (Wildman–Crippen LogP) is 6.42. The van der Waals surface area contributed by atoms with E-state index in [0.29, 0.717) is 52.7 Å². The van der Waals surface area contributed by atoms with E-state index >= 15 is 0 Å². The summed E-state index contributed by atoms with van der Waals surface area (Å²) in [6, 6.07) is 27.6. The molecule has 5 rings (SSSR count).